The van der Waals surface area contributed by atoms with E-state index in [0.29, 0.717) is 5.41 Å². The van der Waals surface area contributed by atoms with Crippen LogP contribution in [0.2, 0.25) is 0 Å². The predicted molar refractivity (Wildman–Crippen MR) is 56.3 cm³/mol. The van der Waals surface area contributed by atoms with Crippen molar-refractivity contribution in [1.82, 2.24) is 0 Å². The van der Waals surface area contributed by atoms with Gasteiger partial charge in [-0.1, -0.05) is 34.6 Å². The second-order valence-corrected chi connectivity index (χ2v) is 5.24. The van der Waals surface area contributed by atoms with Crippen molar-refractivity contribution in [3.8, 4) is 0 Å². The molecule has 0 aromatic rings. The minimum atomic E-state index is 0.423. The van der Waals surface area contributed by atoms with E-state index in [1.807, 2.05) is 0 Å². The molecule has 0 fully saturated rings. The van der Waals surface area contributed by atoms with E-state index in [0.717, 1.165) is 17.6 Å². The molecule has 11 heavy (non-hydrogen) atoms. The van der Waals surface area contributed by atoms with Crippen LogP contribution in [0.5, 0.6) is 0 Å². The van der Waals surface area contributed by atoms with Crippen LogP contribution in [0, 0.1) is 17.3 Å². The van der Waals surface area contributed by atoms with Gasteiger partial charge in [-0.3, -0.25) is 0 Å². The number of hydrogen-bond acceptors (Lipinski definition) is 1. The number of hydrogen-bond donors (Lipinski definition) is 1. The van der Waals surface area contributed by atoms with Crippen molar-refractivity contribution >= 4 is 12.6 Å². The van der Waals surface area contributed by atoms with E-state index in [4.69, 9.17) is 0 Å². The first-order valence-corrected chi connectivity index (χ1v) is 5.12. The highest BCUT2D eigenvalue weighted by Crippen LogP contribution is 2.31. The molecule has 0 aromatic heterocycles. The van der Waals surface area contributed by atoms with Gasteiger partial charge in [0, 0.05) is 0 Å². The van der Waals surface area contributed by atoms with Crippen LogP contribution in [0.15, 0.2) is 0 Å². The van der Waals surface area contributed by atoms with Crippen molar-refractivity contribution in [3.63, 3.8) is 0 Å². The minimum absolute atomic E-state index is 0.423. The SMILES string of the molecule is CC(C)CC(CS)C(C)(C)C. The van der Waals surface area contributed by atoms with Crippen molar-refractivity contribution in [2.45, 2.75) is 41.0 Å². The molecule has 0 aromatic carbocycles. The van der Waals surface area contributed by atoms with Gasteiger partial charge in [0.2, 0.25) is 0 Å². The highest BCUT2D eigenvalue weighted by molar-refractivity contribution is 7.80. The quantitative estimate of drug-likeness (QED) is 0.621. The van der Waals surface area contributed by atoms with Gasteiger partial charge in [-0.05, 0) is 29.4 Å². The Morgan fingerprint density at radius 2 is 1.64 bits per heavy atom. The molecule has 0 spiro atoms. The Morgan fingerprint density at radius 3 is 1.73 bits per heavy atom. The molecular formula is C10H22S. The molecule has 0 rings (SSSR count). The van der Waals surface area contributed by atoms with Gasteiger partial charge in [-0.25, -0.2) is 0 Å². The van der Waals surface area contributed by atoms with Crippen molar-refractivity contribution < 1.29 is 0 Å². The lowest BCUT2D eigenvalue weighted by Gasteiger charge is -2.30. The lowest BCUT2D eigenvalue weighted by atomic mass is 9.77. The van der Waals surface area contributed by atoms with Crippen LogP contribution in [-0.4, -0.2) is 5.75 Å². The molecule has 0 saturated heterocycles. The molecule has 0 heterocycles. The third-order valence-corrected chi connectivity index (χ3v) is 2.64. The summed E-state index contributed by atoms with van der Waals surface area (Å²) in [4.78, 5) is 0. The van der Waals surface area contributed by atoms with E-state index in [1.54, 1.807) is 0 Å². The van der Waals surface area contributed by atoms with Crippen molar-refractivity contribution in [2.75, 3.05) is 5.75 Å². The average molecular weight is 174 g/mol. The number of rotatable bonds is 3. The standard InChI is InChI=1S/C10H22S/c1-8(2)6-9(7-11)10(3,4)5/h8-9,11H,6-7H2,1-5H3. The molecular weight excluding hydrogens is 152 g/mol. The van der Waals surface area contributed by atoms with Crippen LogP contribution in [0.1, 0.15) is 41.0 Å². The van der Waals surface area contributed by atoms with E-state index in [-0.39, 0.29) is 0 Å². The fourth-order valence-electron chi connectivity index (χ4n) is 1.27. The van der Waals surface area contributed by atoms with Crippen molar-refractivity contribution in [3.05, 3.63) is 0 Å². The first-order chi connectivity index (χ1) is 4.88. The topological polar surface area (TPSA) is 0 Å². The Balaban J connectivity index is 3.96. The van der Waals surface area contributed by atoms with Gasteiger partial charge in [-0.2, -0.15) is 12.6 Å². The van der Waals surface area contributed by atoms with Gasteiger partial charge in [-0.15, -0.1) is 0 Å². The van der Waals surface area contributed by atoms with Crippen LogP contribution in [0.3, 0.4) is 0 Å². The summed E-state index contributed by atoms with van der Waals surface area (Å²) < 4.78 is 0. The largest absolute Gasteiger partial charge is 0.179 e. The minimum Gasteiger partial charge on any atom is -0.179 e. The van der Waals surface area contributed by atoms with E-state index < -0.39 is 0 Å². The fourth-order valence-corrected chi connectivity index (χ4v) is 1.97. The normalized spacial score (nSPS) is 15.5. The fraction of sp³-hybridized carbons (Fsp3) is 1.00. The smallest absolute Gasteiger partial charge is 0.00644 e. The molecule has 0 N–H and O–H groups in total. The van der Waals surface area contributed by atoms with Crippen LogP contribution in [0.25, 0.3) is 0 Å². The predicted octanol–water partition coefficient (Wildman–Crippen LogP) is 3.62. The van der Waals surface area contributed by atoms with Gasteiger partial charge in [0.05, 0.1) is 0 Å². The zero-order valence-corrected chi connectivity index (χ0v) is 9.41. The van der Waals surface area contributed by atoms with Gasteiger partial charge in [0.15, 0.2) is 0 Å². The molecule has 0 aliphatic rings. The third kappa shape index (κ3) is 4.73. The monoisotopic (exact) mass is 174 g/mol. The molecule has 0 bridgehead atoms. The Labute approximate surface area is 77.2 Å². The Bertz CT molecular complexity index is 99.9. The second-order valence-electron chi connectivity index (χ2n) is 4.88. The molecule has 1 atom stereocenters. The Kier molecular flexibility index (Phi) is 4.53. The lowest BCUT2D eigenvalue weighted by molar-refractivity contribution is 0.229. The molecule has 0 saturated carbocycles. The molecule has 1 unspecified atom stereocenters. The van der Waals surface area contributed by atoms with Crippen LogP contribution < -0.4 is 0 Å². The molecule has 1 heteroatoms. The zero-order valence-electron chi connectivity index (χ0n) is 8.52. The maximum absolute atomic E-state index is 4.38. The van der Waals surface area contributed by atoms with Gasteiger partial charge < -0.3 is 0 Å². The maximum Gasteiger partial charge on any atom is -0.00644 e. The maximum atomic E-state index is 4.38. The van der Waals surface area contributed by atoms with Gasteiger partial charge in [0.25, 0.3) is 0 Å². The van der Waals surface area contributed by atoms with Crippen LogP contribution in [0.4, 0.5) is 0 Å². The summed E-state index contributed by atoms with van der Waals surface area (Å²) in [6.07, 6.45) is 1.30. The second kappa shape index (κ2) is 4.39. The summed E-state index contributed by atoms with van der Waals surface area (Å²) in [6.45, 7) is 11.5. The summed E-state index contributed by atoms with van der Waals surface area (Å²) in [7, 11) is 0. The molecule has 68 valence electrons. The molecule has 0 aliphatic heterocycles. The summed E-state index contributed by atoms with van der Waals surface area (Å²) in [5.41, 5.74) is 0.423. The summed E-state index contributed by atoms with van der Waals surface area (Å²) in [6, 6.07) is 0. The Hall–Kier alpha value is 0.350. The summed E-state index contributed by atoms with van der Waals surface area (Å²) >= 11 is 4.38. The zero-order chi connectivity index (χ0) is 9.07. The van der Waals surface area contributed by atoms with Gasteiger partial charge in [0.1, 0.15) is 0 Å². The summed E-state index contributed by atoms with van der Waals surface area (Å²) in [5, 5.41) is 0. The molecule has 0 amide bonds. The first-order valence-electron chi connectivity index (χ1n) is 4.48. The number of thiol groups is 1. The Morgan fingerprint density at radius 1 is 1.18 bits per heavy atom. The van der Waals surface area contributed by atoms with Crippen molar-refractivity contribution in [2.24, 2.45) is 17.3 Å². The van der Waals surface area contributed by atoms with Crippen LogP contribution >= 0.6 is 12.6 Å². The van der Waals surface area contributed by atoms with E-state index in [2.05, 4.69) is 47.2 Å². The van der Waals surface area contributed by atoms with Gasteiger partial charge >= 0.3 is 0 Å². The van der Waals surface area contributed by atoms with Crippen molar-refractivity contribution in [1.29, 1.82) is 0 Å². The average Bonchev–Trinajstić information content (AvgIpc) is 1.79. The molecule has 0 radical (unpaired) electrons. The van der Waals surface area contributed by atoms with E-state index in [1.165, 1.54) is 6.42 Å². The highest BCUT2D eigenvalue weighted by Gasteiger charge is 2.23. The highest BCUT2D eigenvalue weighted by atomic mass is 32.1. The van der Waals surface area contributed by atoms with E-state index >= 15 is 0 Å². The molecule has 0 nitrogen and oxygen atoms in total. The first kappa shape index (κ1) is 11.4. The third-order valence-electron chi connectivity index (χ3n) is 2.20. The van der Waals surface area contributed by atoms with E-state index in [9.17, 15) is 0 Å². The molecule has 0 aliphatic carbocycles. The lowest BCUT2D eigenvalue weighted by Crippen LogP contribution is -2.23. The summed E-state index contributed by atoms with van der Waals surface area (Å²) in [5.74, 6) is 2.57. The van der Waals surface area contributed by atoms with Crippen LogP contribution in [-0.2, 0) is 0 Å².